The first-order chi connectivity index (χ1) is 13.1. The standard InChI is InChI=1S/C18H26N4O4S/c23-18(15-4-3-7-20(12-15)17-5-1-2-6-19-17)21-13-16(14-21)27(24,25)22-8-10-26-11-9-22/h1-2,5-6,15-16H,3-4,7-14H2/t15-/m0/s1. The minimum absolute atomic E-state index is 0.0732. The first-order valence-electron chi connectivity index (χ1n) is 9.57. The maximum absolute atomic E-state index is 12.9. The van der Waals surface area contributed by atoms with Crippen LogP contribution in [0.3, 0.4) is 0 Å². The number of nitrogens with zero attached hydrogens (tertiary/aromatic N) is 4. The van der Waals surface area contributed by atoms with Crippen LogP contribution in [0, 0.1) is 5.92 Å². The van der Waals surface area contributed by atoms with Gasteiger partial charge in [0.25, 0.3) is 0 Å². The van der Waals surface area contributed by atoms with Crippen LogP contribution in [-0.4, -0.2) is 86.2 Å². The van der Waals surface area contributed by atoms with E-state index < -0.39 is 15.3 Å². The maximum atomic E-state index is 12.9. The van der Waals surface area contributed by atoms with E-state index in [1.165, 1.54) is 4.31 Å². The largest absolute Gasteiger partial charge is 0.379 e. The SMILES string of the molecule is O=C([C@H]1CCCN(c2ccccn2)C1)N1CC(S(=O)(=O)N2CCOCC2)C1. The lowest BCUT2D eigenvalue weighted by atomic mass is 9.95. The van der Waals surface area contributed by atoms with Crippen molar-refractivity contribution in [3.8, 4) is 0 Å². The van der Waals surface area contributed by atoms with Crippen molar-refractivity contribution in [1.29, 1.82) is 0 Å². The van der Waals surface area contributed by atoms with Gasteiger partial charge in [0.15, 0.2) is 0 Å². The zero-order valence-electron chi connectivity index (χ0n) is 15.4. The number of amides is 1. The number of morpholine rings is 1. The Morgan fingerprint density at radius 3 is 2.59 bits per heavy atom. The number of anilines is 1. The number of pyridine rings is 1. The van der Waals surface area contributed by atoms with Crippen molar-refractivity contribution in [2.45, 2.75) is 18.1 Å². The number of hydrogen-bond donors (Lipinski definition) is 0. The molecule has 1 atom stereocenters. The van der Waals surface area contributed by atoms with Crippen molar-refractivity contribution in [3.05, 3.63) is 24.4 Å². The summed E-state index contributed by atoms with van der Waals surface area (Å²) in [6, 6.07) is 5.79. The fourth-order valence-corrected chi connectivity index (χ4v) is 5.82. The number of carbonyl (C=O) groups is 1. The van der Waals surface area contributed by atoms with Crippen LogP contribution in [0.25, 0.3) is 0 Å². The molecule has 0 aliphatic carbocycles. The van der Waals surface area contributed by atoms with Crippen molar-refractivity contribution in [1.82, 2.24) is 14.2 Å². The molecule has 3 aliphatic heterocycles. The lowest BCUT2D eigenvalue weighted by Crippen LogP contribution is -2.62. The van der Waals surface area contributed by atoms with Crippen molar-refractivity contribution >= 4 is 21.7 Å². The summed E-state index contributed by atoms with van der Waals surface area (Å²) < 4.78 is 32.1. The molecule has 9 heteroatoms. The van der Waals surface area contributed by atoms with Crippen molar-refractivity contribution in [2.24, 2.45) is 5.92 Å². The molecule has 3 fully saturated rings. The van der Waals surface area contributed by atoms with Gasteiger partial charge in [-0.1, -0.05) is 6.07 Å². The summed E-state index contributed by atoms with van der Waals surface area (Å²) in [6.45, 7) is 3.86. The Kier molecular flexibility index (Phi) is 5.34. The first-order valence-corrected chi connectivity index (χ1v) is 11.1. The Morgan fingerprint density at radius 1 is 1.11 bits per heavy atom. The number of hydrogen-bond acceptors (Lipinski definition) is 6. The number of ether oxygens (including phenoxy) is 1. The molecule has 1 aromatic rings. The van der Waals surface area contributed by atoms with Crippen molar-refractivity contribution in [3.63, 3.8) is 0 Å². The molecule has 3 saturated heterocycles. The average molecular weight is 394 g/mol. The van der Waals surface area contributed by atoms with Crippen LogP contribution in [-0.2, 0) is 19.6 Å². The maximum Gasteiger partial charge on any atom is 0.227 e. The third kappa shape index (κ3) is 3.81. The molecule has 1 aromatic heterocycles. The predicted octanol–water partition coefficient (Wildman–Crippen LogP) is 0.171. The highest BCUT2D eigenvalue weighted by Crippen LogP contribution is 2.27. The smallest absolute Gasteiger partial charge is 0.227 e. The van der Waals surface area contributed by atoms with E-state index in [0.717, 1.165) is 25.2 Å². The van der Waals surface area contributed by atoms with Gasteiger partial charge in [0.2, 0.25) is 15.9 Å². The molecular formula is C18H26N4O4S. The lowest BCUT2D eigenvalue weighted by molar-refractivity contribution is -0.139. The van der Waals surface area contributed by atoms with Crippen molar-refractivity contribution < 1.29 is 17.9 Å². The number of piperidine rings is 1. The third-order valence-electron chi connectivity index (χ3n) is 5.65. The van der Waals surface area contributed by atoms with E-state index in [0.29, 0.717) is 45.9 Å². The second-order valence-electron chi connectivity index (χ2n) is 7.39. The molecule has 148 valence electrons. The fraction of sp³-hybridized carbons (Fsp3) is 0.667. The molecule has 4 rings (SSSR count). The molecule has 0 bridgehead atoms. The Bertz CT molecular complexity index is 761. The zero-order valence-corrected chi connectivity index (χ0v) is 16.2. The molecule has 8 nitrogen and oxygen atoms in total. The molecule has 0 aromatic carbocycles. The van der Waals surface area contributed by atoms with Gasteiger partial charge in [-0.3, -0.25) is 4.79 Å². The third-order valence-corrected chi connectivity index (χ3v) is 7.88. The Labute approximate surface area is 160 Å². The minimum Gasteiger partial charge on any atom is -0.379 e. The quantitative estimate of drug-likeness (QED) is 0.724. The van der Waals surface area contributed by atoms with Crippen LogP contribution in [0.1, 0.15) is 12.8 Å². The van der Waals surface area contributed by atoms with E-state index in [2.05, 4.69) is 9.88 Å². The highest BCUT2D eigenvalue weighted by molar-refractivity contribution is 7.89. The molecule has 27 heavy (non-hydrogen) atoms. The second kappa shape index (κ2) is 7.73. The first kappa shape index (κ1) is 18.6. The van der Waals surface area contributed by atoms with Gasteiger partial charge in [-0.2, -0.15) is 4.31 Å². The lowest BCUT2D eigenvalue weighted by Gasteiger charge is -2.44. The van der Waals surface area contributed by atoms with Gasteiger partial charge in [-0.15, -0.1) is 0 Å². The van der Waals surface area contributed by atoms with Crippen LogP contribution in [0.5, 0.6) is 0 Å². The van der Waals surface area contributed by atoms with Gasteiger partial charge in [0.1, 0.15) is 11.1 Å². The van der Waals surface area contributed by atoms with Gasteiger partial charge in [-0.05, 0) is 25.0 Å². The number of rotatable bonds is 4. The van der Waals surface area contributed by atoms with Crippen LogP contribution in [0.4, 0.5) is 5.82 Å². The summed E-state index contributed by atoms with van der Waals surface area (Å²) in [5, 5.41) is -0.477. The Balaban J connectivity index is 1.33. The van der Waals surface area contributed by atoms with Crippen LogP contribution < -0.4 is 4.90 Å². The topological polar surface area (TPSA) is 83.1 Å². The summed E-state index contributed by atoms with van der Waals surface area (Å²) in [5.74, 6) is 0.878. The summed E-state index contributed by atoms with van der Waals surface area (Å²) in [4.78, 5) is 21.1. The normalized spacial score (nSPS) is 25.3. The van der Waals surface area contributed by atoms with Crippen LogP contribution in [0.15, 0.2) is 24.4 Å². The monoisotopic (exact) mass is 394 g/mol. The van der Waals surface area contributed by atoms with E-state index in [-0.39, 0.29) is 11.8 Å². The fourth-order valence-electron chi connectivity index (χ4n) is 4.00. The van der Waals surface area contributed by atoms with E-state index in [1.807, 2.05) is 18.2 Å². The van der Waals surface area contributed by atoms with Crippen molar-refractivity contribution in [2.75, 3.05) is 57.4 Å². The van der Waals surface area contributed by atoms with E-state index in [1.54, 1.807) is 11.1 Å². The predicted molar refractivity (Wildman–Crippen MR) is 101 cm³/mol. The molecule has 0 unspecified atom stereocenters. The van der Waals surface area contributed by atoms with Crippen LogP contribution >= 0.6 is 0 Å². The molecule has 0 radical (unpaired) electrons. The van der Waals surface area contributed by atoms with Crippen LogP contribution in [0.2, 0.25) is 0 Å². The average Bonchev–Trinajstić information content (AvgIpc) is 2.68. The molecule has 3 aliphatic rings. The van der Waals surface area contributed by atoms with Gasteiger partial charge in [-0.25, -0.2) is 13.4 Å². The second-order valence-corrected chi connectivity index (χ2v) is 9.61. The van der Waals surface area contributed by atoms with Gasteiger partial charge < -0.3 is 14.5 Å². The number of carbonyl (C=O) groups excluding carboxylic acids is 1. The molecule has 4 heterocycles. The number of likely N-dealkylation sites (tertiary alicyclic amines) is 1. The highest BCUT2D eigenvalue weighted by atomic mass is 32.2. The van der Waals surface area contributed by atoms with E-state index >= 15 is 0 Å². The zero-order chi connectivity index (χ0) is 18.9. The van der Waals surface area contributed by atoms with E-state index in [9.17, 15) is 13.2 Å². The highest BCUT2D eigenvalue weighted by Gasteiger charge is 2.44. The minimum atomic E-state index is -3.34. The van der Waals surface area contributed by atoms with Gasteiger partial charge in [0, 0.05) is 45.5 Å². The van der Waals surface area contributed by atoms with E-state index in [4.69, 9.17) is 4.74 Å². The molecular weight excluding hydrogens is 368 g/mol. The summed E-state index contributed by atoms with van der Waals surface area (Å²) in [7, 11) is -3.34. The number of sulfonamides is 1. The Morgan fingerprint density at radius 2 is 1.89 bits per heavy atom. The molecule has 1 amide bonds. The summed E-state index contributed by atoms with van der Waals surface area (Å²) in [6.07, 6.45) is 3.55. The summed E-state index contributed by atoms with van der Waals surface area (Å²) in [5.41, 5.74) is 0. The van der Waals surface area contributed by atoms with Gasteiger partial charge in [0.05, 0.1) is 19.1 Å². The van der Waals surface area contributed by atoms with Gasteiger partial charge >= 0.3 is 0 Å². The number of aromatic nitrogens is 1. The molecule has 0 saturated carbocycles. The molecule has 0 spiro atoms. The molecule has 0 N–H and O–H groups in total. The summed E-state index contributed by atoms with van der Waals surface area (Å²) >= 11 is 0. The Hall–Kier alpha value is -1.71.